The van der Waals surface area contributed by atoms with Crippen LogP contribution in [0.1, 0.15) is 32.6 Å². The summed E-state index contributed by atoms with van der Waals surface area (Å²) in [6.45, 7) is 2.04. The van der Waals surface area contributed by atoms with Crippen molar-refractivity contribution in [3.63, 3.8) is 0 Å². The zero-order valence-corrected chi connectivity index (χ0v) is 16.2. The van der Waals surface area contributed by atoms with E-state index in [2.05, 4.69) is 0 Å². The van der Waals surface area contributed by atoms with E-state index in [1.165, 1.54) is 11.3 Å². The molecule has 0 unspecified atom stereocenters. The van der Waals surface area contributed by atoms with Crippen molar-refractivity contribution in [2.45, 2.75) is 12.5 Å². The monoisotopic (exact) mass is 406 g/mol. The molecule has 0 bridgehead atoms. The van der Waals surface area contributed by atoms with Gasteiger partial charge in [-0.1, -0.05) is 47.5 Å². The van der Waals surface area contributed by atoms with Crippen LogP contribution < -0.4 is 0 Å². The third-order valence-corrected chi connectivity index (χ3v) is 5.57. The van der Waals surface area contributed by atoms with Gasteiger partial charge in [0.25, 0.3) is 0 Å². The Bertz CT molecular complexity index is 891. The molecular formula is C20H16Cl2O3S. The lowest BCUT2D eigenvalue weighted by molar-refractivity contribution is 0.0532. The lowest BCUT2D eigenvalue weighted by atomic mass is 9.85. The second kappa shape index (κ2) is 7.80. The van der Waals surface area contributed by atoms with Crippen LogP contribution in [0.5, 0.6) is 0 Å². The first kappa shape index (κ1) is 18.9. The molecule has 3 aromatic rings. The van der Waals surface area contributed by atoms with Gasteiger partial charge in [0.1, 0.15) is 10.5 Å². The molecule has 0 radical (unpaired) electrons. The van der Waals surface area contributed by atoms with E-state index in [0.29, 0.717) is 37.5 Å². The van der Waals surface area contributed by atoms with Gasteiger partial charge in [-0.25, -0.2) is 4.79 Å². The smallest absolute Gasteiger partial charge is 0.348 e. The third-order valence-electron chi connectivity index (χ3n) is 3.92. The summed E-state index contributed by atoms with van der Waals surface area (Å²) in [6.07, 6.45) is 0. The Hall–Kier alpha value is -1.85. The molecule has 134 valence electrons. The molecule has 3 nitrogen and oxygen atoms in total. The first-order chi connectivity index (χ1) is 12.4. The van der Waals surface area contributed by atoms with Gasteiger partial charge in [0.15, 0.2) is 0 Å². The van der Waals surface area contributed by atoms with Crippen molar-refractivity contribution < 1.29 is 14.6 Å². The van der Waals surface area contributed by atoms with Crippen LogP contribution in [-0.4, -0.2) is 17.7 Å². The molecule has 0 saturated heterocycles. The van der Waals surface area contributed by atoms with Crippen LogP contribution in [0.3, 0.4) is 0 Å². The molecule has 1 N–H and O–H groups in total. The molecule has 1 aromatic heterocycles. The second-order valence-electron chi connectivity index (χ2n) is 5.62. The Labute approximate surface area is 165 Å². The highest BCUT2D eigenvalue weighted by Gasteiger charge is 2.36. The molecule has 0 aliphatic rings. The number of ether oxygens (including phenoxy) is 1. The van der Waals surface area contributed by atoms with Gasteiger partial charge in [0, 0.05) is 14.9 Å². The molecule has 6 heteroatoms. The maximum atomic E-state index is 12.0. The minimum Gasteiger partial charge on any atom is -0.462 e. The highest BCUT2D eigenvalue weighted by molar-refractivity contribution is 7.14. The summed E-state index contributed by atoms with van der Waals surface area (Å²) < 4.78 is 5.05. The van der Waals surface area contributed by atoms with E-state index < -0.39 is 11.6 Å². The highest BCUT2D eigenvalue weighted by Crippen LogP contribution is 2.41. The minimum atomic E-state index is -1.49. The summed E-state index contributed by atoms with van der Waals surface area (Å²) in [4.78, 5) is 13.0. The number of halogens is 2. The van der Waals surface area contributed by atoms with Gasteiger partial charge in [-0.2, -0.15) is 0 Å². The van der Waals surface area contributed by atoms with Crippen LogP contribution in [0.15, 0.2) is 60.7 Å². The Morgan fingerprint density at radius 2 is 1.62 bits per heavy atom. The number of hydrogen-bond acceptors (Lipinski definition) is 4. The maximum Gasteiger partial charge on any atom is 0.348 e. The number of benzene rings is 2. The zero-order chi connectivity index (χ0) is 18.7. The normalized spacial score (nSPS) is 11.4. The van der Waals surface area contributed by atoms with Crippen LogP contribution in [0.2, 0.25) is 10.0 Å². The molecule has 26 heavy (non-hydrogen) atoms. The Morgan fingerprint density at radius 1 is 1.04 bits per heavy atom. The van der Waals surface area contributed by atoms with Crippen molar-refractivity contribution in [3.05, 3.63) is 91.6 Å². The Morgan fingerprint density at radius 3 is 2.12 bits per heavy atom. The molecule has 0 amide bonds. The van der Waals surface area contributed by atoms with Crippen LogP contribution in [-0.2, 0) is 10.3 Å². The fourth-order valence-electron chi connectivity index (χ4n) is 2.72. The number of rotatable bonds is 5. The summed E-state index contributed by atoms with van der Waals surface area (Å²) in [7, 11) is 0. The maximum absolute atomic E-state index is 12.0. The molecule has 0 spiro atoms. The molecule has 0 atom stereocenters. The van der Waals surface area contributed by atoms with Gasteiger partial charge in [0.2, 0.25) is 0 Å². The Kier molecular flexibility index (Phi) is 5.68. The van der Waals surface area contributed by atoms with Gasteiger partial charge in [-0.05, 0) is 54.4 Å². The first-order valence-corrected chi connectivity index (χ1v) is 9.54. The summed E-state index contributed by atoms with van der Waals surface area (Å²) in [5.74, 6) is -0.414. The summed E-state index contributed by atoms with van der Waals surface area (Å²) in [5.41, 5.74) is -0.320. The molecular weight excluding hydrogens is 391 g/mol. The number of esters is 1. The van der Waals surface area contributed by atoms with Crippen molar-refractivity contribution in [2.24, 2.45) is 0 Å². The largest absolute Gasteiger partial charge is 0.462 e. The van der Waals surface area contributed by atoms with Crippen LogP contribution in [0, 0.1) is 0 Å². The molecule has 0 aliphatic heterocycles. The number of carbonyl (C=O) groups excluding carboxylic acids is 1. The van der Waals surface area contributed by atoms with Crippen LogP contribution >= 0.6 is 34.5 Å². The second-order valence-corrected chi connectivity index (χ2v) is 7.57. The zero-order valence-electron chi connectivity index (χ0n) is 13.9. The standard InChI is InChI=1S/C20H16Cl2O3S/c1-2-25-19(23)17-9-10-18(26-17)20(24,13-5-3-7-15(21)11-13)14-6-4-8-16(22)12-14/h3-12,24H,2H2,1H3. The number of hydrogen-bond donors (Lipinski definition) is 1. The van der Waals surface area contributed by atoms with Crippen molar-refractivity contribution in [1.29, 1.82) is 0 Å². The van der Waals surface area contributed by atoms with E-state index in [-0.39, 0.29) is 0 Å². The molecule has 0 aliphatic carbocycles. The van der Waals surface area contributed by atoms with Gasteiger partial charge in [-0.15, -0.1) is 11.3 Å². The highest BCUT2D eigenvalue weighted by atomic mass is 35.5. The van der Waals surface area contributed by atoms with Gasteiger partial charge >= 0.3 is 5.97 Å². The quantitative estimate of drug-likeness (QED) is 0.567. The van der Waals surface area contributed by atoms with Gasteiger partial charge in [-0.3, -0.25) is 0 Å². The lowest BCUT2D eigenvalue weighted by Crippen LogP contribution is -2.27. The fourth-order valence-corrected chi connectivity index (χ4v) is 4.14. The van der Waals surface area contributed by atoms with E-state index in [9.17, 15) is 9.90 Å². The predicted octanol–water partition coefficient (Wildman–Crippen LogP) is 5.52. The summed E-state index contributed by atoms with van der Waals surface area (Å²) in [6, 6.07) is 17.4. The molecule has 0 fully saturated rings. The minimum absolute atomic E-state index is 0.291. The molecule has 0 saturated carbocycles. The van der Waals surface area contributed by atoms with Crippen molar-refractivity contribution in [1.82, 2.24) is 0 Å². The first-order valence-electron chi connectivity index (χ1n) is 7.97. The van der Waals surface area contributed by atoms with Crippen molar-refractivity contribution in [3.8, 4) is 0 Å². The van der Waals surface area contributed by atoms with Crippen LogP contribution in [0.4, 0.5) is 0 Å². The van der Waals surface area contributed by atoms with E-state index >= 15 is 0 Å². The average Bonchev–Trinajstić information content (AvgIpc) is 3.12. The fraction of sp³-hybridized carbons (Fsp3) is 0.150. The van der Waals surface area contributed by atoms with E-state index in [4.69, 9.17) is 27.9 Å². The molecule has 1 heterocycles. The SMILES string of the molecule is CCOC(=O)c1ccc(C(O)(c2cccc(Cl)c2)c2cccc(Cl)c2)s1. The number of carbonyl (C=O) groups is 1. The van der Waals surface area contributed by atoms with Crippen LogP contribution in [0.25, 0.3) is 0 Å². The van der Waals surface area contributed by atoms with Gasteiger partial charge < -0.3 is 9.84 Å². The number of thiophene rings is 1. The Balaban J connectivity index is 2.17. The van der Waals surface area contributed by atoms with E-state index in [1.807, 2.05) is 0 Å². The van der Waals surface area contributed by atoms with E-state index in [1.54, 1.807) is 67.6 Å². The molecule has 2 aromatic carbocycles. The summed E-state index contributed by atoms with van der Waals surface area (Å²) in [5, 5.41) is 12.7. The lowest BCUT2D eigenvalue weighted by Gasteiger charge is -2.28. The number of aliphatic hydroxyl groups is 1. The topological polar surface area (TPSA) is 46.5 Å². The average molecular weight is 407 g/mol. The van der Waals surface area contributed by atoms with Crippen molar-refractivity contribution in [2.75, 3.05) is 6.61 Å². The van der Waals surface area contributed by atoms with E-state index in [0.717, 1.165) is 0 Å². The van der Waals surface area contributed by atoms with Crippen molar-refractivity contribution >= 4 is 40.5 Å². The predicted molar refractivity (Wildman–Crippen MR) is 105 cm³/mol. The summed E-state index contributed by atoms with van der Waals surface area (Å²) >= 11 is 13.5. The third kappa shape index (κ3) is 3.64. The van der Waals surface area contributed by atoms with Gasteiger partial charge in [0.05, 0.1) is 6.61 Å². The molecule has 3 rings (SSSR count).